The molecule has 4 nitrogen and oxygen atoms in total. The highest BCUT2D eigenvalue weighted by Crippen LogP contribution is 2.40. The molecule has 0 saturated heterocycles. The lowest BCUT2D eigenvalue weighted by Crippen LogP contribution is -2.32. The van der Waals surface area contributed by atoms with E-state index >= 15 is 0 Å². The maximum absolute atomic E-state index is 10.2. The van der Waals surface area contributed by atoms with E-state index in [9.17, 15) is 5.26 Å². The van der Waals surface area contributed by atoms with Gasteiger partial charge in [-0.15, -0.1) is 0 Å². The number of unbranched alkanes of at least 4 members (excludes halogenated alkanes) is 1. The fourth-order valence-corrected chi connectivity index (χ4v) is 4.46. The minimum Gasteiger partial charge on any atom is -0.493 e. The minimum atomic E-state index is -0.553. The Balaban J connectivity index is 2.03. The highest BCUT2D eigenvalue weighted by molar-refractivity contribution is 5.47. The van der Waals surface area contributed by atoms with E-state index in [4.69, 9.17) is 9.47 Å². The van der Waals surface area contributed by atoms with Crippen molar-refractivity contribution in [1.82, 2.24) is 5.32 Å². The molecule has 0 heterocycles. The summed E-state index contributed by atoms with van der Waals surface area (Å²) in [5.74, 6) is 2.08. The van der Waals surface area contributed by atoms with Gasteiger partial charge in [0.2, 0.25) is 0 Å². The molecule has 2 rings (SSSR count). The molecule has 0 aliphatic carbocycles. The fourth-order valence-electron chi connectivity index (χ4n) is 4.46. The first-order valence-corrected chi connectivity index (χ1v) is 11.9. The van der Waals surface area contributed by atoms with Crippen molar-refractivity contribution >= 4 is 0 Å². The SMILES string of the molecule is CCCCC(CNCCCC(C#N)(c1ccc(OC)c(OC)c1)C(C)C)c1ccccc1. The predicted molar refractivity (Wildman–Crippen MR) is 132 cm³/mol. The van der Waals surface area contributed by atoms with E-state index in [-0.39, 0.29) is 5.92 Å². The van der Waals surface area contributed by atoms with Crippen LogP contribution in [-0.2, 0) is 5.41 Å². The van der Waals surface area contributed by atoms with Gasteiger partial charge in [-0.1, -0.05) is 70.0 Å². The number of nitriles is 1. The Morgan fingerprint density at radius 3 is 2.31 bits per heavy atom. The summed E-state index contributed by atoms with van der Waals surface area (Å²) in [6.07, 6.45) is 5.40. The van der Waals surface area contributed by atoms with Gasteiger partial charge < -0.3 is 14.8 Å². The van der Waals surface area contributed by atoms with Crippen molar-refractivity contribution < 1.29 is 9.47 Å². The highest BCUT2D eigenvalue weighted by Gasteiger charge is 2.36. The number of benzene rings is 2. The molecule has 0 aromatic heterocycles. The van der Waals surface area contributed by atoms with Gasteiger partial charge in [0.15, 0.2) is 11.5 Å². The number of hydrogen-bond donors (Lipinski definition) is 1. The molecule has 174 valence electrons. The first-order chi connectivity index (χ1) is 15.5. The monoisotopic (exact) mass is 436 g/mol. The first kappa shape index (κ1) is 25.7. The number of rotatable bonds is 14. The highest BCUT2D eigenvalue weighted by atomic mass is 16.5. The third-order valence-corrected chi connectivity index (χ3v) is 6.58. The van der Waals surface area contributed by atoms with Gasteiger partial charge in [0.1, 0.15) is 0 Å². The molecule has 32 heavy (non-hydrogen) atoms. The van der Waals surface area contributed by atoms with Crippen LogP contribution in [0.15, 0.2) is 48.5 Å². The summed E-state index contributed by atoms with van der Waals surface area (Å²) in [6, 6.07) is 19.3. The third-order valence-electron chi connectivity index (χ3n) is 6.58. The van der Waals surface area contributed by atoms with E-state index in [0.29, 0.717) is 17.4 Å². The van der Waals surface area contributed by atoms with Gasteiger partial charge in [-0.25, -0.2) is 0 Å². The molecule has 0 aliphatic rings. The summed E-state index contributed by atoms with van der Waals surface area (Å²) < 4.78 is 10.9. The quantitative estimate of drug-likeness (QED) is 0.345. The molecule has 0 spiro atoms. The number of hydrogen-bond acceptors (Lipinski definition) is 4. The van der Waals surface area contributed by atoms with Crippen LogP contribution in [0.4, 0.5) is 0 Å². The standard InChI is InChI=1S/C28H40N2O2/c1-6-7-12-24(23-13-9-8-10-14-23)20-30-18-11-17-28(21-29,22(2)3)25-15-16-26(31-4)27(19-25)32-5/h8-10,13-16,19,22,24,30H,6-7,11-12,17-18,20H2,1-5H3. The third kappa shape index (κ3) is 6.50. The van der Waals surface area contributed by atoms with Crippen LogP contribution in [0, 0.1) is 17.2 Å². The maximum atomic E-state index is 10.2. The predicted octanol–water partition coefficient (Wildman–Crippen LogP) is 6.46. The van der Waals surface area contributed by atoms with Gasteiger partial charge >= 0.3 is 0 Å². The Morgan fingerprint density at radius 1 is 1.00 bits per heavy atom. The van der Waals surface area contributed by atoms with Crippen LogP contribution in [0.25, 0.3) is 0 Å². The smallest absolute Gasteiger partial charge is 0.161 e. The van der Waals surface area contributed by atoms with E-state index in [1.54, 1.807) is 14.2 Å². The van der Waals surface area contributed by atoms with Crippen molar-refractivity contribution in [3.05, 3.63) is 59.7 Å². The second kappa shape index (κ2) is 13.1. The first-order valence-electron chi connectivity index (χ1n) is 11.9. The normalized spacial score (nSPS) is 13.9. The lowest BCUT2D eigenvalue weighted by Gasteiger charge is -2.32. The average molecular weight is 437 g/mol. The molecular weight excluding hydrogens is 396 g/mol. The van der Waals surface area contributed by atoms with E-state index in [2.05, 4.69) is 62.5 Å². The summed E-state index contributed by atoms with van der Waals surface area (Å²) >= 11 is 0. The van der Waals surface area contributed by atoms with Crippen LogP contribution in [-0.4, -0.2) is 27.3 Å². The number of methoxy groups -OCH3 is 2. The molecule has 2 unspecified atom stereocenters. The Kier molecular flexibility index (Phi) is 10.6. The zero-order valence-corrected chi connectivity index (χ0v) is 20.5. The van der Waals surface area contributed by atoms with Gasteiger partial charge in [0.05, 0.1) is 25.7 Å². The average Bonchev–Trinajstić information content (AvgIpc) is 2.83. The lowest BCUT2D eigenvalue weighted by molar-refractivity contribution is 0.340. The number of nitrogens with zero attached hydrogens (tertiary/aromatic N) is 1. The molecular formula is C28H40N2O2. The van der Waals surface area contributed by atoms with Crippen molar-refractivity contribution in [2.75, 3.05) is 27.3 Å². The molecule has 0 aliphatic heterocycles. The van der Waals surface area contributed by atoms with Gasteiger partial charge in [0.25, 0.3) is 0 Å². The Labute approximate surface area is 194 Å². The molecule has 4 heteroatoms. The van der Waals surface area contributed by atoms with E-state index < -0.39 is 5.41 Å². The Hall–Kier alpha value is -2.51. The maximum Gasteiger partial charge on any atom is 0.161 e. The van der Waals surface area contributed by atoms with Crippen LogP contribution >= 0.6 is 0 Å². The zero-order valence-electron chi connectivity index (χ0n) is 20.5. The van der Waals surface area contributed by atoms with Crippen LogP contribution in [0.2, 0.25) is 0 Å². The molecule has 0 fully saturated rings. The lowest BCUT2D eigenvalue weighted by atomic mass is 9.69. The number of ether oxygens (including phenoxy) is 2. The fraction of sp³-hybridized carbons (Fsp3) is 0.536. The van der Waals surface area contributed by atoms with E-state index in [1.165, 1.54) is 24.8 Å². The Bertz CT molecular complexity index is 844. The van der Waals surface area contributed by atoms with Crippen LogP contribution in [0.3, 0.4) is 0 Å². The van der Waals surface area contributed by atoms with Gasteiger partial charge in [0, 0.05) is 6.54 Å². The summed E-state index contributed by atoms with van der Waals surface area (Å²) in [5, 5.41) is 13.9. The summed E-state index contributed by atoms with van der Waals surface area (Å²) in [5.41, 5.74) is 1.85. The van der Waals surface area contributed by atoms with Crippen LogP contribution in [0.5, 0.6) is 11.5 Å². The van der Waals surface area contributed by atoms with Gasteiger partial charge in [-0.05, 0) is 60.9 Å². The van der Waals surface area contributed by atoms with Crippen LogP contribution < -0.4 is 14.8 Å². The summed E-state index contributed by atoms with van der Waals surface area (Å²) in [4.78, 5) is 0. The van der Waals surface area contributed by atoms with E-state index in [1.807, 2.05) is 18.2 Å². The molecule has 2 aromatic carbocycles. The zero-order chi connectivity index (χ0) is 23.4. The van der Waals surface area contributed by atoms with Crippen LogP contribution in [0.1, 0.15) is 69.9 Å². The molecule has 0 saturated carbocycles. The minimum absolute atomic E-state index is 0.187. The van der Waals surface area contributed by atoms with E-state index in [0.717, 1.165) is 31.5 Å². The molecule has 0 radical (unpaired) electrons. The second-order valence-corrected chi connectivity index (χ2v) is 8.87. The summed E-state index contributed by atoms with van der Waals surface area (Å²) in [6.45, 7) is 8.38. The topological polar surface area (TPSA) is 54.3 Å². The van der Waals surface area contributed by atoms with Crippen molar-refractivity contribution in [3.8, 4) is 17.6 Å². The molecule has 2 atom stereocenters. The molecule has 0 amide bonds. The molecule has 0 bridgehead atoms. The van der Waals surface area contributed by atoms with Gasteiger partial charge in [-0.3, -0.25) is 0 Å². The summed E-state index contributed by atoms with van der Waals surface area (Å²) in [7, 11) is 3.27. The second-order valence-electron chi connectivity index (χ2n) is 8.87. The molecule has 1 N–H and O–H groups in total. The molecule has 2 aromatic rings. The van der Waals surface area contributed by atoms with Crippen molar-refractivity contribution in [2.24, 2.45) is 5.92 Å². The van der Waals surface area contributed by atoms with Crippen molar-refractivity contribution in [2.45, 2.75) is 64.2 Å². The van der Waals surface area contributed by atoms with Crippen molar-refractivity contribution in [3.63, 3.8) is 0 Å². The Morgan fingerprint density at radius 2 is 1.72 bits per heavy atom. The van der Waals surface area contributed by atoms with Gasteiger partial charge in [-0.2, -0.15) is 5.26 Å². The number of nitrogens with one attached hydrogen (secondary N) is 1. The van der Waals surface area contributed by atoms with Crippen molar-refractivity contribution in [1.29, 1.82) is 5.26 Å². The largest absolute Gasteiger partial charge is 0.493 e.